The minimum Gasteiger partial charge on any atom is -0.496 e. The second-order valence-corrected chi connectivity index (χ2v) is 7.36. The molecule has 1 heterocycles. The van der Waals surface area contributed by atoms with Crippen molar-refractivity contribution in [3.63, 3.8) is 0 Å². The molecule has 1 aliphatic heterocycles. The van der Waals surface area contributed by atoms with Crippen LogP contribution < -0.4 is 19.7 Å². The molecule has 0 fully saturated rings. The maximum Gasteiger partial charge on any atom is 0.282 e. The summed E-state index contributed by atoms with van der Waals surface area (Å²) in [5, 5.41) is 3.66. The quantitative estimate of drug-likeness (QED) is 0.506. The standard InChI is InChI=1S/C25H21ClN2O4/c1-3-32-21-11-7-5-9-19(21)27-23-22(18-8-4-6-10-20(18)31-2)24(29)28(25(23)30)17-14-12-16(26)13-15-17/h4-15,27H,3H2,1-2H3. The van der Waals surface area contributed by atoms with Crippen LogP contribution in [0.4, 0.5) is 11.4 Å². The van der Waals surface area contributed by atoms with Crippen LogP contribution in [-0.4, -0.2) is 25.5 Å². The number of anilines is 2. The second kappa shape index (κ2) is 9.16. The summed E-state index contributed by atoms with van der Waals surface area (Å²) in [6.07, 6.45) is 0. The van der Waals surface area contributed by atoms with Crippen molar-refractivity contribution in [2.24, 2.45) is 0 Å². The van der Waals surface area contributed by atoms with Crippen LogP contribution in [0.25, 0.3) is 5.57 Å². The molecule has 32 heavy (non-hydrogen) atoms. The first-order valence-corrected chi connectivity index (χ1v) is 10.4. The predicted molar refractivity (Wildman–Crippen MR) is 125 cm³/mol. The molecule has 0 atom stereocenters. The normalized spacial score (nSPS) is 13.5. The molecule has 0 spiro atoms. The molecule has 4 rings (SSSR count). The maximum absolute atomic E-state index is 13.6. The Hall–Kier alpha value is -3.77. The number of imide groups is 1. The van der Waals surface area contributed by atoms with E-state index in [1.54, 1.807) is 60.7 Å². The van der Waals surface area contributed by atoms with Crippen LogP contribution in [0.5, 0.6) is 11.5 Å². The monoisotopic (exact) mass is 448 g/mol. The third-order valence-electron chi connectivity index (χ3n) is 4.99. The molecule has 2 amide bonds. The van der Waals surface area contributed by atoms with Gasteiger partial charge in [0.15, 0.2) is 0 Å². The lowest BCUT2D eigenvalue weighted by Gasteiger charge is -2.16. The number of amides is 2. The number of nitrogens with one attached hydrogen (secondary N) is 1. The van der Waals surface area contributed by atoms with Crippen LogP contribution in [0.3, 0.4) is 0 Å². The summed E-state index contributed by atoms with van der Waals surface area (Å²) in [5.41, 5.74) is 1.87. The first-order chi connectivity index (χ1) is 15.5. The molecule has 1 aliphatic rings. The highest BCUT2D eigenvalue weighted by Crippen LogP contribution is 2.38. The van der Waals surface area contributed by atoms with Crippen molar-refractivity contribution in [2.45, 2.75) is 6.92 Å². The van der Waals surface area contributed by atoms with Gasteiger partial charge in [-0.05, 0) is 49.4 Å². The van der Waals surface area contributed by atoms with Crippen LogP contribution in [-0.2, 0) is 9.59 Å². The largest absolute Gasteiger partial charge is 0.496 e. The van der Waals surface area contributed by atoms with E-state index in [4.69, 9.17) is 21.1 Å². The van der Waals surface area contributed by atoms with Crippen LogP contribution in [0.2, 0.25) is 5.02 Å². The molecule has 0 unspecified atom stereocenters. The third-order valence-corrected chi connectivity index (χ3v) is 5.24. The zero-order chi connectivity index (χ0) is 22.7. The molecule has 1 N–H and O–H groups in total. The molecule has 3 aromatic carbocycles. The zero-order valence-electron chi connectivity index (χ0n) is 17.6. The van der Waals surface area contributed by atoms with Crippen LogP contribution in [0.15, 0.2) is 78.5 Å². The van der Waals surface area contributed by atoms with Crippen molar-refractivity contribution in [3.8, 4) is 11.5 Å². The van der Waals surface area contributed by atoms with Gasteiger partial charge in [-0.2, -0.15) is 0 Å². The van der Waals surface area contributed by atoms with Gasteiger partial charge in [0.25, 0.3) is 11.8 Å². The fourth-order valence-electron chi connectivity index (χ4n) is 3.56. The molecule has 0 radical (unpaired) electrons. The lowest BCUT2D eigenvalue weighted by molar-refractivity contribution is -0.120. The van der Waals surface area contributed by atoms with E-state index in [9.17, 15) is 9.59 Å². The summed E-state index contributed by atoms with van der Waals surface area (Å²) >= 11 is 6.00. The minimum atomic E-state index is -0.482. The van der Waals surface area contributed by atoms with Gasteiger partial charge in [-0.25, -0.2) is 4.90 Å². The van der Waals surface area contributed by atoms with Gasteiger partial charge in [-0.3, -0.25) is 9.59 Å². The summed E-state index contributed by atoms with van der Waals surface area (Å²) in [5.74, 6) is 0.119. The fourth-order valence-corrected chi connectivity index (χ4v) is 3.68. The van der Waals surface area contributed by atoms with Crippen molar-refractivity contribution in [2.75, 3.05) is 23.9 Å². The van der Waals surface area contributed by atoms with Gasteiger partial charge in [0.05, 0.1) is 30.7 Å². The van der Waals surface area contributed by atoms with Gasteiger partial charge >= 0.3 is 0 Å². The molecule has 3 aromatic rings. The van der Waals surface area contributed by atoms with Gasteiger partial charge in [-0.1, -0.05) is 41.9 Å². The van der Waals surface area contributed by atoms with E-state index in [0.29, 0.717) is 40.1 Å². The fraction of sp³-hybridized carbons (Fsp3) is 0.120. The zero-order valence-corrected chi connectivity index (χ0v) is 18.3. The minimum absolute atomic E-state index is 0.140. The average molecular weight is 449 g/mol. The summed E-state index contributed by atoms with van der Waals surface area (Å²) < 4.78 is 11.2. The number of nitrogens with zero attached hydrogens (tertiary/aromatic N) is 1. The Morgan fingerprint density at radius 2 is 1.53 bits per heavy atom. The Morgan fingerprint density at radius 1 is 0.875 bits per heavy atom. The topological polar surface area (TPSA) is 67.9 Å². The van der Waals surface area contributed by atoms with Crippen molar-refractivity contribution < 1.29 is 19.1 Å². The van der Waals surface area contributed by atoms with Gasteiger partial charge in [0.2, 0.25) is 0 Å². The van der Waals surface area contributed by atoms with E-state index in [1.165, 1.54) is 7.11 Å². The van der Waals surface area contributed by atoms with Gasteiger partial charge in [0, 0.05) is 10.6 Å². The molecule has 0 saturated heterocycles. The second-order valence-electron chi connectivity index (χ2n) is 6.93. The highest BCUT2D eigenvalue weighted by molar-refractivity contribution is 6.46. The Balaban J connectivity index is 1.86. The van der Waals surface area contributed by atoms with Gasteiger partial charge in [-0.15, -0.1) is 0 Å². The molecule has 6 nitrogen and oxygen atoms in total. The van der Waals surface area contributed by atoms with Crippen molar-refractivity contribution in [3.05, 3.63) is 89.1 Å². The Kier molecular flexibility index (Phi) is 6.14. The van der Waals surface area contributed by atoms with E-state index in [2.05, 4.69) is 5.32 Å². The number of benzene rings is 3. The maximum atomic E-state index is 13.6. The average Bonchev–Trinajstić information content (AvgIpc) is 3.05. The third kappa shape index (κ3) is 3.92. The number of carbonyl (C=O) groups is 2. The number of rotatable bonds is 7. The van der Waals surface area contributed by atoms with E-state index in [0.717, 1.165) is 4.90 Å². The van der Waals surface area contributed by atoms with Crippen LogP contribution in [0.1, 0.15) is 12.5 Å². The van der Waals surface area contributed by atoms with Crippen LogP contribution in [0, 0.1) is 0 Å². The summed E-state index contributed by atoms with van der Waals surface area (Å²) in [6, 6.07) is 20.9. The number of carbonyl (C=O) groups excluding carboxylic acids is 2. The molecule has 7 heteroatoms. The number of ether oxygens (including phenoxy) is 2. The molecule has 0 aromatic heterocycles. The number of para-hydroxylation sites is 3. The number of hydrogen-bond donors (Lipinski definition) is 1. The van der Waals surface area contributed by atoms with Crippen LogP contribution >= 0.6 is 11.6 Å². The molecule has 0 aliphatic carbocycles. The lowest BCUT2D eigenvalue weighted by atomic mass is 10.0. The molecule has 0 bridgehead atoms. The van der Waals surface area contributed by atoms with E-state index in [-0.39, 0.29) is 11.3 Å². The summed E-state index contributed by atoms with van der Waals surface area (Å²) in [6.45, 7) is 2.34. The Morgan fingerprint density at radius 3 is 2.22 bits per heavy atom. The first kappa shape index (κ1) is 21.5. The van der Waals surface area contributed by atoms with E-state index < -0.39 is 11.8 Å². The highest BCUT2D eigenvalue weighted by Gasteiger charge is 2.41. The van der Waals surface area contributed by atoms with E-state index >= 15 is 0 Å². The number of halogens is 1. The number of hydrogen-bond acceptors (Lipinski definition) is 5. The smallest absolute Gasteiger partial charge is 0.282 e. The molecule has 162 valence electrons. The highest BCUT2D eigenvalue weighted by atomic mass is 35.5. The van der Waals surface area contributed by atoms with Crippen molar-refractivity contribution >= 4 is 40.4 Å². The molecular weight excluding hydrogens is 428 g/mol. The Labute approximate surface area is 191 Å². The molecular formula is C25H21ClN2O4. The summed E-state index contributed by atoms with van der Waals surface area (Å²) in [7, 11) is 1.52. The summed E-state index contributed by atoms with van der Waals surface area (Å²) in [4.78, 5) is 28.2. The van der Waals surface area contributed by atoms with Gasteiger partial charge in [0.1, 0.15) is 17.2 Å². The number of methoxy groups -OCH3 is 1. The predicted octanol–water partition coefficient (Wildman–Crippen LogP) is 5.14. The first-order valence-electron chi connectivity index (χ1n) is 10.1. The van der Waals surface area contributed by atoms with Crippen molar-refractivity contribution in [1.82, 2.24) is 0 Å². The van der Waals surface area contributed by atoms with Gasteiger partial charge < -0.3 is 14.8 Å². The van der Waals surface area contributed by atoms with Crippen molar-refractivity contribution in [1.29, 1.82) is 0 Å². The molecule has 0 saturated carbocycles. The SMILES string of the molecule is CCOc1ccccc1NC1=C(c2ccccc2OC)C(=O)N(c2ccc(Cl)cc2)C1=O. The lowest BCUT2D eigenvalue weighted by Crippen LogP contribution is -2.32. The van der Waals surface area contributed by atoms with E-state index in [1.807, 2.05) is 19.1 Å². The Bertz CT molecular complexity index is 1200.